The molecule has 0 amide bonds. The first kappa shape index (κ1) is 11.7. The topological polar surface area (TPSA) is 9.23 Å². The standard InChI is InChI=1S/C10H12I2O/c11-6-8-13-7-5-9-1-3-10(12)4-2-9/h1-4H,5-8H2. The smallest absolute Gasteiger partial charge is 0.0555 e. The summed E-state index contributed by atoms with van der Waals surface area (Å²) in [5, 5.41) is 0. The van der Waals surface area contributed by atoms with Gasteiger partial charge >= 0.3 is 0 Å². The molecule has 13 heavy (non-hydrogen) atoms. The molecule has 0 saturated heterocycles. The molecule has 0 unspecified atom stereocenters. The van der Waals surface area contributed by atoms with Gasteiger partial charge in [0.15, 0.2) is 0 Å². The molecule has 0 saturated carbocycles. The number of benzene rings is 1. The van der Waals surface area contributed by atoms with Crippen LogP contribution in [0.5, 0.6) is 0 Å². The van der Waals surface area contributed by atoms with Crippen LogP contribution >= 0.6 is 45.2 Å². The summed E-state index contributed by atoms with van der Waals surface area (Å²) >= 11 is 4.64. The van der Waals surface area contributed by atoms with Gasteiger partial charge in [0, 0.05) is 8.00 Å². The third kappa shape index (κ3) is 5.17. The monoisotopic (exact) mass is 402 g/mol. The highest BCUT2D eigenvalue weighted by Gasteiger charge is 1.92. The van der Waals surface area contributed by atoms with E-state index < -0.39 is 0 Å². The van der Waals surface area contributed by atoms with Gasteiger partial charge in [0.05, 0.1) is 13.2 Å². The molecule has 0 N–H and O–H groups in total. The Bertz CT molecular complexity index is 233. The zero-order valence-corrected chi connectivity index (χ0v) is 11.6. The van der Waals surface area contributed by atoms with Crippen LogP contribution in [0, 0.1) is 3.57 Å². The van der Waals surface area contributed by atoms with Crippen molar-refractivity contribution in [3.05, 3.63) is 33.4 Å². The Morgan fingerprint density at radius 2 is 1.77 bits per heavy atom. The van der Waals surface area contributed by atoms with Crippen molar-refractivity contribution >= 4 is 45.2 Å². The van der Waals surface area contributed by atoms with Gasteiger partial charge in [-0.25, -0.2) is 0 Å². The van der Waals surface area contributed by atoms with E-state index >= 15 is 0 Å². The Labute approximate surface area is 107 Å². The molecule has 1 aromatic rings. The SMILES string of the molecule is ICCOCCc1ccc(I)cc1. The summed E-state index contributed by atoms with van der Waals surface area (Å²) in [6.07, 6.45) is 1.02. The van der Waals surface area contributed by atoms with E-state index in [4.69, 9.17) is 4.74 Å². The van der Waals surface area contributed by atoms with Crippen LogP contribution in [0.3, 0.4) is 0 Å². The van der Waals surface area contributed by atoms with E-state index in [-0.39, 0.29) is 0 Å². The predicted molar refractivity (Wildman–Crippen MR) is 72.6 cm³/mol. The van der Waals surface area contributed by atoms with Crippen LogP contribution in [0.1, 0.15) is 5.56 Å². The van der Waals surface area contributed by atoms with Gasteiger partial charge in [-0.3, -0.25) is 0 Å². The highest BCUT2D eigenvalue weighted by Crippen LogP contribution is 2.07. The van der Waals surface area contributed by atoms with Crippen molar-refractivity contribution in [1.29, 1.82) is 0 Å². The summed E-state index contributed by atoms with van der Waals surface area (Å²) in [6, 6.07) is 8.59. The number of hydrogen-bond acceptors (Lipinski definition) is 1. The van der Waals surface area contributed by atoms with Gasteiger partial charge in [-0.15, -0.1) is 0 Å². The summed E-state index contributed by atoms with van der Waals surface area (Å²) in [5.41, 5.74) is 1.36. The van der Waals surface area contributed by atoms with Crippen LogP contribution in [0.4, 0.5) is 0 Å². The maximum atomic E-state index is 5.41. The second-order valence-electron chi connectivity index (χ2n) is 2.68. The molecular formula is C10H12I2O. The van der Waals surface area contributed by atoms with Crippen molar-refractivity contribution in [2.24, 2.45) is 0 Å². The van der Waals surface area contributed by atoms with E-state index in [1.165, 1.54) is 9.13 Å². The fraction of sp³-hybridized carbons (Fsp3) is 0.400. The Kier molecular flexibility index (Phi) is 6.31. The second-order valence-corrected chi connectivity index (χ2v) is 5.00. The minimum absolute atomic E-state index is 0.837. The molecule has 3 heteroatoms. The third-order valence-electron chi connectivity index (χ3n) is 1.67. The van der Waals surface area contributed by atoms with Crippen LogP contribution < -0.4 is 0 Å². The van der Waals surface area contributed by atoms with Crippen molar-refractivity contribution in [2.75, 3.05) is 17.6 Å². The fourth-order valence-electron chi connectivity index (χ4n) is 0.998. The van der Waals surface area contributed by atoms with Gasteiger partial charge < -0.3 is 4.74 Å². The lowest BCUT2D eigenvalue weighted by molar-refractivity contribution is 0.155. The minimum atomic E-state index is 0.837. The van der Waals surface area contributed by atoms with Crippen molar-refractivity contribution in [3.8, 4) is 0 Å². The van der Waals surface area contributed by atoms with E-state index in [9.17, 15) is 0 Å². The Hall–Kier alpha value is 0.640. The van der Waals surface area contributed by atoms with Gasteiger partial charge in [-0.1, -0.05) is 34.7 Å². The maximum Gasteiger partial charge on any atom is 0.0555 e. The van der Waals surface area contributed by atoms with Crippen molar-refractivity contribution < 1.29 is 4.74 Å². The largest absolute Gasteiger partial charge is 0.380 e. The molecule has 72 valence electrons. The van der Waals surface area contributed by atoms with Crippen LogP contribution in [0.25, 0.3) is 0 Å². The minimum Gasteiger partial charge on any atom is -0.380 e. The van der Waals surface area contributed by atoms with Crippen LogP contribution in [0.15, 0.2) is 24.3 Å². The lowest BCUT2D eigenvalue weighted by Gasteiger charge is -2.02. The van der Waals surface area contributed by atoms with Gasteiger partial charge in [0.25, 0.3) is 0 Å². The van der Waals surface area contributed by atoms with E-state index in [0.29, 0.717) is 0 Å². The van der Waals surface area contributed by atoms with Crippen LogP contribution in [0.2, 0.25) is 0 Å². The molecule has 0 atom stereocenters. The number of ether oxygens (including phenoxy) is 1. The molecule has 0 spiro atoms. The van der Waals surface area contributed by atoms with E-state index in [1.807, 2.05) is 0 Å². The normalized spacial score (nSPS) is 10.3. The molecule has 0 bridgehead atoms. The molecule has 0 radical (unpaired) electrons. The Balaban J connectivity index is 2.25. The lowest BCUT2D eigenvalue weighted by Crippen LogP contribution is -2.00. The zero-order valence-electron chi connectivity index (χ0n) is 7.30. The number of hydrogen-bond donors (Lipinski definition) is 0. The highest BCUT2D eigenvalue weighted by atomic mass is 127. The van der Waals surface area contributed by atoms with Crippen molar-refractivity contribution in [2.45, 2.75) is 6.42 Å². The zero-order chi connectivity index (χ0) is 9.52. The molecule has 0 fully saturated rings. The average molecular weight is 402 g/mol. The Morgan fingerprint density at radius 1 is 1.08 bits per heavy atom. The molecule has 1 rings (SSSR count). The van der Waals surface area contributed by atoms with Gasteiger partial charge in [0.2, 0.25) is 0 Å². The van der Waals surface area contributed by atoms with E-state index in [1.54, 1.807) is 0 Å². The quantitative estimate of drug-likeness (QED) is 0.418. The molecule has 0 aliphatic carbocycles. The summed E-state index contributed by atoms with van der Waals surface area (Å²) in [6.45, 7) is 1.70. The van der Waals surface area contributed by atoms with Crippen LogP contribution in [-0.4, -0.2) is 17.6 Å². The van der Waals surface area contributed by atoms with Gasteiger partial charge in [-0.2, -0.15) is 0 Å². The molecule has 1 aromatic carbocycles. The maximum absolute atomic E-state index is 5.41. The van der Waals surface area contributed by atoms with Crippen LogP contribution in [-0.2, 0) is 11.2 Å². The van der Waals surface area contributed by atoms with Gasteiger partial charge in [0.1, 0.15) is 0 Å². The third-order valence-corrected chi connectivity index (χ3v) is 2.83. The predicted octanol–water partition coefficient (Wildman–Crippen LogP) is 3.29. The first-order chi connectivity index (χ1) is 6.33. The summed E-state index contributed by atoms with van der Waals surface area (Å²) in [5.74, 6) is 0. The fourth-order valence-corrected chi connectivity index (χ4v) is 1.67. The number of halogens is 2. The molecule has 0 aliphatic rings. The lowest BCUT2D eigenvalue weighted by atomic mass is 10.2. The number of rotatable bonds is 5. The van der Waals surface area contributed by atoms with Crippen molar-refractivity contribution in [3.63, 3.8) is 0 Å². The highest BCUT2D eigenvalue weighted by molar-refractivity contribution is 14.1. The molecule has 0 heterocycles. The average Bonchev–Trinajstić information content (AvgIpc) is 2.15. The first-order valence-corrected chi connectivity index (χ1v) is 6.81. The second kappa shape index (κ2) is 7.00. The summed E-state index contributed by atoms with van der Waals surface area (Å²) in [4.78, 5) is 0. The molecular weight excluding hydrogens is 390 g/mol. The van der Waals surface area contributed by atoms with Crippen molar-refractivity contribution in [1.82, 2.24) is 0 Å². The van der Waals surface area contributed by atoms with E-state index in [2.05, 4.69) is 69.4 Å². The number of alkyl halides is 1. The first-order valence-electron chi connectivity index (χ1n) is 4.21. The molecule has 0 aromatic heterocycles. The summed E-state index contributed by atoms with van der Waals surface area (Å²) < 4.78 is 7.77. The van der Waals surface area contributed by atoms with Gasteiger partial charge in [-0.05, 0) is 46.7 Å². The molecule has 0 aliphatic heterocycles. The van der Waals surface area contributed by atoms with E-state index in [0.717, 1.165) is 24.1 Å². The summed E-state index contributed by atoms with van der Waals surface area (Å²) in [7, 11) is 0. The Morgan fingerprint density at radius 3 is 2.38 bits per heavy atom. The molecule has 1 nitrogen and oxygen atoms in total.